The van der Waals surface area contributed by atoms with Crippen molar-refractivity contribution in [3.05, 3.63) is 15.6 Å². The summed E-state index contributed by atoms with van der Waals surface area (Å²) >= 11 is 1.71. The van der Waals surface area contributed by atoms with Crippen LogP contribution in [0.1, 0.15) is 35.3 Å². The Bertz CT molecular complexity index is 579. The van der Waals surface area contributed by atoms with Crippen molar-refractivity contribution >= 4 is 47.2 Å². The molecule has 1 fully saturated rings. The van der Waals surface area contributed by atoms with Crippen LogP contribution in [0.2, 0.25) is 0 Å². The zero-order valence-electron chi connectivity index (χ0n) is 16.1. The van der Waals surface area contributed by atoms with E-state index in [1.54, 1.807) is 18.4 Å². The van der Waals surface area contributed by atoms with Crippen molar-refractivity contribution in [1.82, 2.24) is 25.8 Å². The predicted molar refractivity (Wildman–Crippen MR) is 118 cm³/mol. The Kier molecular flexibility index (Phi) is 10.4. The molecule has 26 heavy (non-hydrogen) atoms. The number of hydrogen-bond acceptors (Lipinski definition) is 5. The molecule has 0 aliphatic carbocycles. The molecule has 148 valence electrons. The summed E-state index contributed by atoms with van der Waals surface area (Å²) in [4.78, 5) is 24.1. The zero-order chi connectivity index (χ0) is 18.2. The molecule has 0 spiro atoms. The van der Waals surface area contributed by atoms with Gasteiger partial charge in [-0.25, -0.2) is 9.98 Å². The molecule has 1 aliphatic heterocycles. The van der Waals surface area contributed by atoms with Crippen molar-refractivity contribution in [2.45, 2.75) is 46.2 Å². The average Bonchev–Trinajstić information content (AvgIpc) is 2.92. The molecule has 7 nitrogen and oxygen atoms in total. The summed E-state index contributed by atoms with van der Waals surface area (Å²) in [7, 11) is 1.68. The number of likely N-dealkylation sites (N-methyl/N-ethyl adjacent to an activating group) is 1. The Balaban J connectivity index is 0.00000338. The summed E-state index contributed by atoms with van der Waals surface area (Å²) < 4.78 is 0. The summed E-state index contributed by atoms with van der Waals surface area (Å²) in [5.41, 5.74) is 1.09. The number of halogens is 1. The number of aryl methyl sites for hydroxylation is 2. The highest BCUT2D eigenvalue weighted by molar-refractivity contribution is 14.0. The van der Waals surface area contributed by atoms with Gasteiger partial charge in [0.25, 0.3) is 0 Å². The van der Waals surface area contributed by atoms with E-state index in [1.807, 2.05) is 6.92 Å². The second-order valence-corrected chi connectivity index (χ2v) is 7.60. The molecular weight excluding hydrogens is 463 g/mol. The first kappa shape index (κ1) is 23.1. The van der Waals surface area contributed by atoms with Crippen LogP contribution in [0.3, 0.4) is 0 Å². The molecule has 0 unspecified atom stereocenters. The number of guanidine groups is 1. The Morgan fingerprint density at radius 2 is 2.04 bits per heavy atom. The lowest BCUT2D eigenvalue weighted by molar-refractivity contribution is -0.122. The lowest BCUT2D eigenvalue weighted by Gasteiger charge is -2.32. The zero-order valence-corrected chi connectivity index (χ0v) is 19.2. The van der Waals surface area contributed by atoms with Crippen molar-refractivity contribution < 1.29 is 4.79 Å². The third-order valence-electron chi connectivity index (χ3n) is 4.36. The fourth-order valence-corrected chi connectivity index (χ4v) is 3.64. The first-order valence-corrected chi connectivity index (χ1v) is 9.74. The molecule has 1 amide bonds. The van der Waals surface area contributed by atoms with E-state index in [0.717, 1.165) is 49.1 Å². The van der Waals surface area contributed by atoms with Gasteiger partial charge in [-0.1, -0.05) is 0 Å². The number of thiazole rings is 1. The van der Waals surface area contributed by atoms with Gasteiger partial charge in [0.05, 0.1) is 18.8 Å². The van der Waals surface area contributed by atoms with Crippen LogP contribution in [0.25, 0.3) is 0 Å². The number of nitrogens with one attached hydrogen (secondary N) is 3. The second kappa shape index (κ2) is 11.7. The second-order valence-electron chi connectivity index (χ2n) is 6.31. The highest BCUT2D eigenvalue weighted by Crippen LogP contribution is 2.17. The van der Waals surface area contributed by atoms with Crippen molar-refractivity contribution in [3.63, 3.8) is 0 Å². The molecule has 0 bridgehead atoms. The van der Waals surface area contributed by atoms with E-state index in [4.69, 9.17) is 0 Å². The van der Waals surface area contributed by atoms with Crippen LogP contribution >= 0.6 is 35.3 Å². The minimum absolute atomic E-state index is 0. The lowest BCUT2D eigenvalue weighted by Crippen LogP contribution is -2.50. The molecule has 2 heterocycles. The first-order chi connectivity index (χ1) is 12.0. The number of nitrogens with zero attached hydrogens (tertiary/aromatic N) is 3. The molecule has 2 rings (SSSR count). The topological polar surface area (TPSA) is 81.7 Å². The van der Waals surface area contributed by atoms with Crippen molar-refractivity contribution in [3.8, 4) is 0 Å². The third kappa shape index (κ3) is 7.36. The highest BCUT2D eigenvalue weighted by Gasteiger charge is 2.21. The Labute approximate surface area is 177 Å². The molecule has 1 aromatic rings. The molecule has 1 aromatic heterocycles. The van der Waals surface area contributed by atoms with E-state index in [1.165, 1.54) is 4.88 Å². The summed E-state index contributed by atoms with van der Waals surface area (Å²) in [6, 6.07) is 0.388. The van der Waals surface area contributed by atoms with Gasteiger partial charge in [-0.15, -0.1) is 35.3 Å². The standard InChI is InChI=1S/C17H30N6OS.HI/c1-5-19-17(20-10-16-21-12(2)13(3)25-16)22-14-6-8-23(9-7-14)11-15(24)18-4;/h14H,5-11H2,1-4H3,(H,18,24)(H2,19,20,22);1H. The van der Waals surface area contributed by atoms with Gasteiger partial charge in [-0.3, -0.25) is 9.69 Å². The summed E-state index contributed by atoms with van der Waals surface area (Å²) in [5.74, 6) is 0.924. The molecular formula is C17H31IN6OS. The van der Waals surface area contributed by atoms with Gasteiger partial charge < -0.3 is 16.0 Å². The smallest absolute Gasteiger partial charge is 0.233 e. The summed E-state index contributed by atoms with van der Waals surface area (Å²) in [6.07, 6.45) is 2.02. The van der Waals surface area contributed by atoms with Crippen LogP contribution in [-0.2, 0) is 11.3 Å². The summed E-state index contributed by atoms with van der Waals surface area (Å²) in [5, 5.41) is 10.6. The number of aromatic nitrogens is 1. The minimum Gasteiger partial charge on any atom is -0.358 e. The third-order valence-corrected chi connectivity index (χ3v) is 5.42. The lowest BCUT2D eigenvalue weighted by atomic mass is 10.1. The molecule has 0 aromatic carbocycles. The minimum atomic E-state index is 0. The fraction of sp³-hybridized carbons (Fsp3) is 0.706. The van der Waals surface area contributed by atoms with Crippen LogP contribution in [0.5, 0.6) is 0 Å². The maximum atomic E-state index is 11.5. The van der Waals surface area contributed by atoms with Crippen molar-refractivity contribution in [2.24, 2.45) is 4.99 Å². The van der Waals surface area contributed by atoms with E-state index in [0.29, 0.717) is 19.1 Å². The number of rotatable bonds is 6. The quantitative estimate of drug-likeness (QED) is 0.318. The largest absolute Gasteiger partial charge is 0.358 e. The van der Waals surface area contributed by atoms with Crippen LogP contribution in [-0.4, -0.2) is 61.0 Å². The first-order valence-electron chi connectivity index (χ1n) is 8.92. The number of hydrogen-bond donors (Lipinski definition) is 3. The highest BCUT2D eigenvalue weighted by atomic mass is 127. The molecule has 0 radical (unpaired) electrons. The normalized spacial score (nSPS) is 16.1. The van der Waals surface area contributed by atoms with Gasteiger partial charge in [0.1, 0.15) is 5.01 Å². The Morgan fingerprint density at radius 1 is 1.35 bits per heavy atom. The van der Waals surface area contributed by atoms with Crippen molar-refractivity contribution in [2.75, 3.05) is 33.2 Å². The monoisotopic (exact) mass is 494 g/mol. The van der Waals surface area contributed by atoms with Crippen LogP contribution in [0, 0.1) is 13.8 Å². The number of amides is 1. The van der Waals surface area contributed by atoms with Gasteiger partial charge in [0.15, 0.2) is 5.96 Å². The number of carbonyl (C=O) groups is 1. The number of piperidine rings is 1. The van der Waals surface area contributed by atoms with E-state index < -0.39 is 0 Å². The van der Waals surface area contributed by atoms with Crippen LogP contribution in [0.15, 0.2) is 4.99 Å². The molecule has 1 aliphatic rings. The maximum Gasteiger partial charge on any atom is 0.233 e. The van der Waals surface area contributed by atoms with E-state index in [2.05, 4.69) is 44.7 Å². The predicted octanol–water partition coefficient (Wildman–Crippen LogP) is 1.64. The number of likely N-dealkylation sites (tertiary alicyclic amines) is 1. The molecule has 3 N–H and O–H groups in total. The van der Waals surface area contributed by atoms with Crippen LogP contribution in [0.4, 0.5) is 0 Å². The van der Waals surface area contributed by atoms with E-state index in [-0.39, 0.29) is 29.9 Å². The Hall–Kier alpha value is -0.940. The van der Waals surface area contributed by atoms with Gasteiger partial charge in [-0.05, 0) is 33.6 Å². The Morgan fingerprint density at radius 3 is 2.58 bits per heavy atom. The van der Waals surface area contributed by atoms with Gasteiger partial charge in [0.2, 0.25) is 5.91 Å². The van der Waals surface area contributed by atoms with Gasteiger partial charge >= 0.3 is 0 Å². The molecule has 0 atom stereocenters. The van der Waals surface area contributed by atoms with Crippen molar-refractivity contribution in [1.29, 1.82) is 0 Å². The SMILES string of the molecule is CCNC(=NCc1nc(C)c(C)s1)NC1CCN(CC(=O)NC)CC1.I. The van der Waals surface area contributed by atoms with Gasteiger partial charge in [0, 0.05) is 37.6 Å². The number of aliphatic imine (C=N–C) groups is 1. The fourth-order valence-electron chi connectivity index (χ4n) is 2.78. The average molecular weight is 494 g/mol. The molecule has 0 saturated carbocycles. The summed E-state index contributed by atoms with van der Waals surface area (Å²) in [6.45, 7) is 9.97. The van der Waals surface area contributed by atoms with E-state index >= 15 is 0 Å². The molecule has 9 heteroatoms. The maximum absolute atomic E-state index is 11.5. The van der Waals surface area contributed by atoms with Gasteiger partial charge in [-0.2, -0.15) is 0 Å². The molecule has 1 saturated heterocycles. The number of carbonyl (C=O) groups excluding carboxylic acids is 1. The van der Waals surface area contributed by atoms with E-state index in [9.17, 15) is 4.79 Å². The van der Waals surface area contributed by atoms with Crippen LogP contribution < -0.4 is 16.0 Å².